The first kappa shape index (κ1) is 48.3. The van der Waals surface area contributed by atoms with E-state index in [1.54, 1.807) is 59.8 Å². The summed E-state index contributed by atoms with van der Waals surface area (Å²) in [6, 6.07) is 4.72. The summed E-state index contributed by atoms with van der Waals surface area (Å²) < 4.78 is 82.0. The summed E-state index contributed by atoms with van der Waals surface area (Å²) in [5.74, 6) is -5.10. The summed E-state index contributed by atoms with van der Waals surface area (Å²) in [6.07, 6.45) is 6.06. The third-order valence-electron chi connectivity index (χ3n) is 9.98. The van der Waals surface area contributed by atoms with Gasteiger partial charge in [0.25, 0.3) is 0 Å². The van der Waals surface area contributed by atoms with E-state index in [1.807, 2.05) is 6.92 Å². The summed E-state index contributed by atoms with van der Waals surface area (Å²) in [7, 11) is 0. The third kappa shape index (κ3) is 13.3. The van der Waals surface area contributed by atoms with E-state index in [0.717, 1.165) is 18.2 Å². The van der Waals surface area contributed by atoms with Crippen LogP contribution in [0.25, 0.3) is 12.2 Å². The van der Waals surface area contributed by atoms with Crippen LogP contribution in [0.4, 0.5) is 17.6 Å². The predicted octanol–water partition coefficient (Wildman–Crippen LogP) is 7.28. The fraction of sp³-hybridized carbons (Fsp3) is 0.455. The van der Waals surface area contributed by atoms with Gasteiger partial charge >= 0.3 is 25.2 Å². The Morgan fingerprint density at radius 2 is 1.18 bits per heavy atom. The number of esters is 2. The van der Waals surface area contributed by atoms with Crippen molar-refractivity contribution in [2.75, 3.05) is 0 Å². The van der Waals surface area contributed by atoms with Crippen molar-refractivity contribution in [1.29, 1.82) is 0 Å². The van der Waals surface area contributed by atoms with Crippen molar-refractivity contribution in [3.05, 3.63) is 88.5 Å². The van der Waals surface area contributed by atoms with Crippen molar-refractivity contribution >= 4 is 35.7 Å². The number of carbonyl (C=O) groups is 4. The van der Waals surface area contributed by atoms with Gasteiger partial charge in [-0.2, -0.15) is 17.6 Å². The van der Waals surface area contributed by atoms with Crippen molar-refractivity contribution in [3.63, 3.8) is 0 Å². The maximum atomic E-state index is 12.9. The Balaban J connectivity index is 0.000000270. The van der Waals surface area contributed by atoms with Crippen LogP contribution in [-0.4, -0.2) is 94.5 Å². The summed E-state index contributed by atoms with van der Waals surface area (Å²) >= 11 is 0. The van der Waals surface area contributed by atoms with Gasteiger partial charge in [0.05, 0.1) is 17.8 Å². The lowest BCUT2D eigenvalue weighted by Gasteiger charge is -2.20. The Kier molecular flexibility index (Phi) is 16.6. The van der Waals surface area contributed by atoms with E-state index in [-0.39, 0.29) is 46.3 Å². The minimum atomic E-state index is -3.14. The van der Waals surface area contributed by atoms with E-state index in [1.165, 1.54) is 36.4 Å². The molecule has 0 saturated carbocycles. The molecule has 0 aromatic heterocycles. The SMILES string of the molecule is C[C@@H]1/C=C\C(=O)[C@@H](O)[C@@H](O)C/C=C/c2cc(OC(F)F)cc(O)c2C(=O)O[C@H]1C.Cc1cc(OC(F)F)cc2c1C(=O)O[C@@H](C)[C@H](C)/C=C\C(=O)[C@H]1OC(C)(C)O[C@H]1C/C=C/2. The summed E-state index contributed by atoms with van der Waals surface area (Å²) in [5, 5.41) is 30.1. The molecule has 332 valence electrons. The predicted molar refractivity (Wildman–Crippen MR) is 212 cm³/mol. The molecular weight excluding hydrogens is 812 g/mol. The molecule has 0 spiro atoms. The minimum Gasteiger partial charge on any atom is -0.507 e. The highest BCUT2D eigenvalue weighted by atomic mass is 19.3. The van der Waals surface area contributed by atoms with Crippen LogP contribution < -0.4 is 9.47 Å². The normalized spacial score (nSPS) is 29.2. The lowest BCUT2D eigenvalue weighted by atomic mass is 9.98. The van der Waals surface area contributed by atoms with Crippen LogP contribution in [0.1, 0.15) is 91.8 Å². The zero-order valence-electron chi connectivity index (χ0n) is 34.6. The van der Waals surface area contributed by atoms with Crippen LogP contribution in [0.3, 0.4) is 0 Å². The van der Waals surface area contributed by atoms with Gasteiger partial charge in [0.15, 0.2) is 17.4 Å². The smallest absolute Gasteiger partial charge is 0.387 e. The number of aromatic hydroxyl groups is 1. The Bertz CT molecular complexity index is 2040. The number of phenols is 1. The van der Waals surface area contributed by atoms with E-state index >= 15 is 0 Å². The average Bonchev–Trinajstić information content (AvgIpc) is 3.47. The number of aliphatic hydroxyl groups is 2. The van der Waals surface area contributed by atoms with Gasteiger partial charge < -0.3 is 43.7 Å². The molecule has 0 aliphatic carbocycles. The number of fused-ring (bicyclic) bond motifs is 3. The number of hydrogen-bond acceptors (Lipinski definition) is 13. The molecule has 13 nitrogen and oxygen atoms in total. The van der Waals surface area contributed by atoms with Gasteiger partial charge in [-0.3, -0.25) is 9.59 Å². The highest BCUT2D eigenvalue weighted by Crippen LogP contribution is 2.34. The number of aliphatic hydroxyl groups excluding tert-OH is 2. The number of rotatable bonds is 4. The van der Waals surface area contributed by atoms with Gasteiger partial charge in [-0.05, 0) is 94.5 Å². The lowest BCUT2D eigenvalue weighted by molar-refractivity contribution is -0.152. The van der Waals surface area contributed by atoms with Crippen LogP contribution >= 0.6 is 0 Å². The second kappa shape index (κ2) is 20.9. The number of cyclic esters (lactones) is 2. The van der Waals surface area contributed by atoms with Gasteiger partial charge in [0.1, 0.15) is 47.2 Å². The maximum absolute atomic E-state index is 12.9. The number of hydrogen-bond donors (Lipinski definition) is 3. The Labute approximate surface area is 350 Å². The molecule has 0 radical (unpaired) electrons. The maximum Gasteiger partial charge on any atom is 0.387 e. The molecule has 1 fully saturated rings. The minimum absolute atomic E-state index is 0.00567. The quantitative estimate of drug-likeness (QED) is 0.206. The molecule has 3 N–H and O–H groups in total. The molecule has 2 aromatic carbocycles. The Hall–Kier alpha value is -5.36. The third-order valence-corrected chi connectivity index (χ3v) is 9.98. The molecule has 0 amide bonds. The number of phenolic OH excluding ortho intramolecular Hbond substituents is 1. The van der Waals surface area contributed by atoms with E-state index in [9.17, 15) is 52.1 Å². The van der Waals surface area contributed by atoms with Crippen LogP contribution in [-0.2, 0) is 28.5 Å². The highest BCUT2D eigenvalue weighted by molar-refractivity contribution is 5.98. The van der Waals surface area contributed by atoms with Gasteiger partial charge in [-0.25, -0.2) is 9.59 Å². The first-order chi connectivity index (χ1) is 28.6. The molecule has 61 heavy (non-hydrogen) atoms. The molecule has 3 aliphatic rings. The van der Waals surface area contributed by atoms with E-state index < -0.39 is 85.0 Å². The molecule has 8 atom stereocenters. The fourth-order valence-electron chi connectivity index (χ4n) is 6.41. The molecule has 0 unspecified atom stereocenters. The van der Waals surface area contributed by atoms with E-state index in [0.29, 0.717) is 17.5 Å². The summed E-state index contributed by atoms with van der Waals surface area (Å²) in [4.78, 5) is 50.2. The van der Waals surface area contributed by atoms with Crippen LogP contribution in [0.15, 0.2) is 60.7 Å². The number of aryl methyl sites for hydroxylation is 1. The number of carbonyl (C=O) groups excluding carboxylic acids is 4. The van der Waals surface area contributed by atoms with Gasteiger partial charge in [0, 0.05) is 17.9 Å². The van der Waals surface area contributed by atoms with Crippen LogP contribution in [0.2, 0.25) is 0 Å². The molecule has 0 bridgehead atoms. The zero-order valence-corrected chi connectivity index (χ0v) is 34.6. The summed E-state index contributed by atoms with van der Waals surface area (Å²) in [5.41, 5.74) is 0.823. The number of alkyl halides is 4. The van der Waals surface area contributed by atoms with Crippen LogP contribution in [0.5, 0.6) is 17.2 Å². The molecule has 3 heterocycles. The number of benzene rings is 2. The second-order valence-corrected chi connectivity index (χ2v) is 15.2. The fourth-order valence-corrected chi connectivity index (χ4v) is 6.41. The van der Waals surface area contributed by atoms with E-state index in [4.69, 9.17) is 18.9 Å². The molecule has 2 aromatic rings. The number of ketones is 2. The van der Waals surface area contributed by atoms with Crippen molar-refractivity contribution < 1.29 is 80.5 Å². The van der Waals surface area contributed by atoms with Crippen molar-refractivity contribution in [3.8, 4) is 17.2 Å². The highest BCUT2D eigenvalue weighted by Gasteiger charge is 2.43. The Morgan fingerprint density at radius 1 is 0.689 bits per heavy atom. The standard InChI is InChI=1S/C24H28F2O6.C20H22F2O7/c1-13-9-10-18(27)21-19(31-24(4,5)32-21)8-6-7-16-12-17(30-23(25)26)11-14(2)20(16)22(28)29-15(13)3;1-10-6-7-15(24)18(26)14(23)5-3-4-12-8-13(29-20(21)22)9-16(25)17(12)19(27)28-11(10)2/h6-7,9-13,15,19,21,23H,8H2,1-5H3;3-4,6-11,14,18,20,23,25-26H,5H2,1-2H3/b7-6+,10-9-;4-3+,7-6-/t13-,15+,19+,21-;10-,11+,14+,18+/m11/s1. The molecule has 3 aliphatic heterocycles. The largest absolute Gasteiger partial charge is 0.507 e. The first-order valence-corrected chi connectivity index (χ1v) is 19.4. The average molecular weight is 863 g/mol. The van der Waals surface area contributed by atoms with Gasteiger partial charge in [0.2, 0.25) is 0 Å². The van der Waals surface area contributed by atoms with Gasteiger partial charge in [-0.15, -0.1) is 0 Å². The number of ether oxygens (including phenoxy) is 6. The second-order valence-electron chi connectivity index (χ2n) is 15.2. The van der Waals surface area contributed by atoms with Crippen molar-refractivity contribution in [2.45, 2.75) is 117 Å². The van der Waals surface area contributed by atoms with Crippen LogP contribution in [0, 0.1) is 18.8 Å². The summed E-state index contributed by atoms with van der Waals surface area (Å²) in [6.45, 7) is 5.75. The molecule has 1 saturated heterocycles. The Morgan fingerprint density at radius 3 is 1.74 bits per heavy atom. The lowest BCUT2D eigenvalue weighted by Crippen LogP contribution is -2.32. The van der Waals surface area contributed by atoms with Crippen molar-refractivity contribution in [1.82, 2.24) is 0 Å². The topological polar surface area (TPSA) is 184 Å². The molecular formula is C44H50F4O13. The van der Waals surface area contributed by atoms with Gasteiger partial charge in [-0.1, -0.05) is 50.3 Å². The van der Waals surface area contributed by atoms with E-state index in [2.05, 4.69) is 9.47 Å². The molecule has 5 rings (SSSR count). The number of halogens is 4. The monoisotopic (exact) mass is 862 g/mol. The zero-order chi connectivity index (χ0) is 45.3. The molecule has 17 heteroatoms. The van der Waals surface area contributed by atoms with Crippen molar-refractivity contribution in [2.24, 2.45) is 11.8 Å². The first-order valence-electron chi connectivity index (χ1n) is 19.4.